The van der Waals surface area contributed by atoms with Gasteiger partial charge in [0.1, 0.15) is 5.75 Å². The molecule has 0 bridgehead atoms. The first kappa shape index (κ1) is 18.7. The number of benzene rings is 3. The van der Waals surface area contributed by atoms with Crippen molar-refractivity contribution in [1.29, 1.82) is 0 Å². The second kappa shape index (κ2) is 8.15. The van der Waals surface area contributed by atoms with Crippen LogP contribution in [0.3, 0.4) is 0 Å². The molecule has 0 spiro atoms. The van der Waals surface area contributed by atoms with Crippen molar-refractivity contribution in [3.8, 4) is 5.75 Å². The normalized spacial score (nSPS) is 10.7. The molecule has 0 radical (unpaired) electrons. The topological polar surface area (TPSA) is 42.4 Å². The van der Waals surface area contributed by atoms with Crippen LogP contribution in [-0.4, -0.2) is 18.0 Å². The summed E-state index contributed by atoms with van der Waals surface area (Å²) in [6.07, 6.45) is 3.37. The minimum absolute atomic E-state index is 0.0636. The Labute approximate surface area is 170 Å². The van der Waals surface area contributed by atoms with Crippen molar-refractivity contribution in [2.75, 3.05) is 12.0 Å². The zero-order valence-corrected chi connectivity index (χ0v) is 16.5. The molecule has 0 unspecified atom stereocenters. The standard InChI is InChI=1S/C25H22N2O2/c1-18-16-26-13-12-23(18)25(28)27(22-10-4-3-5-11-22)17-21-14-19-8-6-7-9-20(19)15-24(21)29-2/h3-16H,17H2,1-2H3. The van der Waals surface area contributed by atoms with E-state index in [0.717, 1.165) is 33.3 Å². The van der Waals surface area contributed by atoms with E-state index in [4.69, 9.17) is 4.74 Å². The number of amides is 1. The predicted molar refractivity (Wildman–Crippen MR) is 116 cm³/mol. The lowest BCUT2D eigenvalue weighted by Crippen LogP contribution is -2.31. The van der Waals surface area contributed by atoms with Gasteiger partial charge in [-0.25, -0.2) is 0 Å². The smallest absolute Gasteiger partial charge is 0.258 e. The van der Waals surface area contributed by atoms with Crippen LogP contribution in [0.1, 0.15) is 21.5 Å². The maximum atomic E-state index is 13.5. The summed E-state index contributed by atoms with van der Waals surface area (Å²) in [6, 6.07) is 23.7. The fourth-order valence-electron chi connectivity index (χ4n) is 3.50. The summed E-state index contributed by atoms with van der Waals surface area (Å²) in [5.74, 6) is 0.704. The van der Waals surface area contributed by atoms with Crippen LogP contribution in [0.25, 0.3) is 10.8 Å². The SMILES string of the molecule is COc1cc2ccccc2cc1CN(C(=O)c1ccncc1C)c1ccccc1. The molecule has 1 heterocycles. The van der Waals surface area contributed by atoms with Crippen molar-refractivity contribution in [3.05, 3.63) is 102 Å². The van der Waals surface area contributed by atoms with E-state index >= 15 is 0 Å². The van der Waals surface area contributed by atoms with Gasteiger partial charge in [0.15, 0.2) is 0 Å². The van der Waals surface area contributed by atoms with Crippen molar-refractivity contribution >= 4 is 22.4 Å². The van der Waals surface area contributed by atoms with Gasteiger partial charge in [0.05, 0.1) is 13.7 Å². The Bertz CT molecular complexity index is 1160. The molecule has 0 saturated carbocycles. The second-order valence-electron chi connectivity index (χ2n) is 6.93. The number of para-hydroxylation sites is 1. The molecular formula is C25H22N2O2. The molecular weight excluding hydrogens is 360 g/mol. The number of pyridine rings is 1. The van der Waals surface area contributed by atoms with E-state index in [9.17, 15) is 4.79 Å². The van der Waals surface area contributed by atoms with E-state index in [0.29, 0.717) is 12.1 Å². The molecule has 0 atom stereocenters. The molecule has 4 nitrogen and oxygen atoms in total. The molecule has 0 aliphatic heterocycles. The molecule has 4 rings (SSSR count). The molecule has 1 amide bonds. The molecule has 0 aliphatic rings. The number of methoxy groups -OCH3 is 1. The lowest BCUT2D eigenvalue weighted by molar-refractivity contribution is 0.0984. The molecule has 0 saturated heterocycles. The Hall–Kier alpha value is -3.66. The van der Waals surface area contributed by atoms with E-state index in [-0.39, 0.29) is 5.91 Å². The van der Waals surface area contributed by atoms with Crippen LogP contribution in [0, 0.1) is 6.92 Å². The maximum Gasteiger partial charge on any atom is 0.258 e. The van der Waals surface area contributed by atoms with Crippen LogP contribution in [-0.2, 0) is 6.54 Å². The van der Waals surface area contributed by atoms with Crippen molar-refractivity contribution in [2.45, 2.75) is 13.5 Å². The van der Waals surface area contributed by atoms with Crippen molar-refractivity contribution in [2.24, 2.45) is 0 Å². The number of carbonyl (C=O) groups is 1. The number of anilines is 1. The number of carbonyl (C=O) groups excluding carboxylic acids is 1. The zero-order chi connectivity index (χ0) is 20.2. The monoisotopic (exact) mass is 382 g/mol. The van der Waals surface area contributed by atoms with E-state index in [2.05, 4.69) is 23.2 Å². The van der Waals surface area contributed by atoms with Gasteiger partial charge in [0.25, 0.3) is 5.91 Å². The Kier molecular flexibility index (Phi) is 5.25. The van der Waals surface area contributed by atoms with E-state index in [1.165, 1.54) is 0 Å². The third-order valence-corrected chi connectivity index (χ3v) is 5.04. The van der Waals surface area contributed by atoms with Crippen molar-refractivity contribution in [1.82, 2.24) is 4.98 Å². The highest BCUT2D eigenvalue weighted by Gasteiger charge is 2.21. The minimum Gasteiger partial charge on any atom is -0.496 e. The third kappa shape index (κ3) is 3.83. The number of hydrogen-bond donors (Lipinski definition) is 0. The average molecular weight is 382 g/mol. The Morgan fingerprint density at radius 2 is 1.66 bits per heavy atom. The van der Waals surface area contributed by atoms with Gasteiger partial charge in [-0.2, -0.15) is 0 Å². The number of fused-ring (bicyclic) bond motifs is 1. The van der Waals surface area contributed by atoms with E-state index in [1.54, 1.807) is 30.5 Å². The van der Waals surface area contributed by atoms with Gasteiger partial charge >= 0.3 is 0 Å². The molecule has 0 fully saturated rings. The maximum absolute atomic E-state index is 13.5. The molecule has 0 aliphatic carbocycles. The van der Waals surface area contributed by atoms with Gasteiger partial charge in [-0.05, 0) is 53.6 Å². The van der Waals surface area contributed by atoms with Crippen LogP contribution in [0.5, 0.6) is 5.75 Å². The van der Waals surface area contributed by atoms with Gasteiger partial charge in [-0.15, -0.1) is 0 Å². The van der Waals surface area contributed by atoms with Crippen LogP contribution in [0.15, 0.2) is 85.2 Å². The molecule has 0 N–H and O–H groups in total. The lowest BCUT2D eigenvalue weighted by Gasteiger charge is -2.25. The largest absolute Gasteiger partial charge is 0.496 e. The summed E-state index contributed by atoms with van der Waals surface area (Å²) in [5.41, 5.74) is 3.28. The quantitative estimate of drug-likeness (QED) is 0.464. The summed E-state index contributed by atoms with van der Waals surface area (Å²) in [5, 5.41) is 2.22. The van der Waals surface area contributed by atoms with Gasteiger partial charge in [0.2, 0.25) is 0 Å². The lowest BCUT2D eigenvalue weighted by atomic mass is 10.0. The highest BCUT2D eigenvalue weighted by molar-refractivity contribution is 6.07. The number of nitrogens with zero attached hydrogens (tertiary/aromatic N) is 2. The fourth-order valence-corrected chi connectivity index (χ4v) is 3.50. The van der Waals surface area contributed by atoms with E-state index in [1.807, 2.05) is 55.5 Å². The molecule has 1 aromatic heterocycles. The summed E-state index contributed by atoms with van der Waals surface area (Å²) >= 11 is 0. The molecule has 29 heavy (non-hydrogen) atoms. The number of aryl methyl sites for hydroxylation is 1. The van der Waals surface area contributed by atoms with Crippen LogP contribution >= 0.6 is 0 Å². The highest BCUT2D eigenvalue weighted by atomic mass is 16.5. The molecule has 4 aromatic rings. The van der Waals surface area contributed by atoms with Crippen LogP contribution < -0.4 is 9.64 Å². The van der Waals surface area contributed by atoms with Gasteiger partial charge in [-0.1, -0.05) is 42.5 Å². The van der Waals surface area contributed by atoms with Gasteiger partial charge in [-0.3, -0.25) is 9.78 Å². The first-order valence-corrected chi connectivity index (χ1v) is 9.50. The Morgan fingerprint density at radius 1 is 0.966 bits per heavy atom. The Morgan fingerprint density at radius 3 is 2.34 bits per heavy atom. The first-order valence-electron chi connectivity index (χ1n) is 9.50. The van der Waals surface area contributed by atoms with Gasteiger partial charge in [0, 0.05) is 29.2 Å². The molecule has 4 heteroatoms. The predicted octanol–water partition coefficient (Wildman–Crippen LogP) is 5.40. The van der Waals surface area contributed by atoms with Crippen LogP contribution in [0.2, 0.25) is 0 Å². The number of ether oxygens (including phenoxy) is 1. The Balaban J connectivity index is 1.80. The highest BCUT2D eigenvalue weighted by Crippen LogP contribution is 2.29. The van der Waals surface area contributed by atoms with E-state index < -0.39 is 0 Å². The summed E-state index contributed by atoms with van der Waals surface area (Å²) in [4.78, 5) is 19.4. The number of aromatic nitrogens is 1. The summed E-state index contributed by atoms with van der Waals surface area (Å²) < 4.78 is 5.65. The van der Waals surface area contributed by atoms with Gasteiger partial charge < -0.3 is 9.64 Å². The average Bonchev–Trinajstić information content (AvgIpc) is 2.77. The first-order chi connectivity index (χ1) is 14.2. The summed E-state index contributed by atoms with van der Waals surface area (Å²) in [7, 11) is 1.66. The summed E-state index contributed by atoms with van der Waals surface area (Å²) in [6.45, 7) is 2.30. The number of hydrogen-bond acceptors (Lipinski definition) is 3. The third-order valence-electron chi connectivity index (χ3n) is 5.04. The second-order valence-corrected chi connectivity index (χ2v) is 6.93. The van der Waals surface area contributed by atoms with Crippen molar-refractivity contribution in [3.63, 3.8) is 0 Å². The minimum atomic E-state index is -0.0636. The zero-order valence-electron chi connectivity index (χ0n) is 16.5. The molecule has 144 valence electrons. The number of rotatable bonds is 5. The fraction of sp³-hybridized carbons (Fsp3) is 0.120. The molecule has 3 aromatic carbocycles. The van der Waals surface area contributed by atoms with Crippen LogP contribution in [0.4, 0.5) is 5.69 Å². The van der Waals surface area contributed by atoms with Crippen molar-refractivity contribution < 1.29 is 9.53 Å².